The molecule has 2 aromatic carbocycles. The van der Waals surface area contributed by atoms with Gasteiger partial charge in [0.1, 0.15) is 0 Å². The number of benzene rings is 2. The predicted octanol–water partition coefficient (Wildman–Crippen LogP) is 4.38. The first-order valence-electron chi connectivity index (χ1n) is 8.57. The zero-order valence-corrected chi connectivity index (χ0v) is 19.7. The third-order valence-corrected chi connectivity index (χ3v) is 4.78. The monoisotopic (exact) mass is 514 g/mol. The maximum atomic E-state index is 11.2. The van der Waals surface area contributed by atoms with E-state index in [4.69, 9.17) is 0 Å². The Balaban J connectivity index is 0.00000392. The number of rotatable bonds is 6. The number of nitrogens with zero attached hydrogens (tertiary/aromatic N) is 1. The lowest BCUT2D eigenvalue weighted by Crippen LogP contribution is -2.36. The minimum atomic E-state index is -0.480. The number of aliphatic imine (C=N–C) groups is 1. The molecule has 0 saturated carbocycles. The van der Waals surface area contributed by atoms with Gasteiger partial charge in [0, 0.05) is 30.7 Å². The van der Waals surface area contributed by atoms with E-state index in [1.807, 2.05) is 24.3 Å². The van der Waals surface area contributed by atoms with E-state index in [0.29, 0.717) is 18.8 Å². The number of ether oxygens (including phenoxy) is 1. The lowest BCUT2D eigenvalue weighted by atomic mass is 10.1. The van der Waals surface area contributed by atoms with E-state index in [2.05, 4.69) is 57.1 Å². The van der Waals surface area contributed by atoms with E-state index in [-0.39, 0.29) is 24.0 Å². The number of guanidine groups is 1. The second kappa shape index (κ2) is 12.5. The minimum absolute atomic E-state index is 0. The number of halogens is 1. The van der Waals surface area contributed by atoms with Crippen molar-refractivity contribution in [3.63, 3.8) is 0 Å². The Morgan fingerprint density at radius 1 is 1.11 bits per heavy atom. The summed E-state index contributed by atoms with van der Waals surface area (Å²) in [4.78, 5) is 16.7. The molecule has 152 valence electrons. The number of hydrogen-bond donors (Lipinski definition) is 3. The van der Waals surface area contributed by atoms with Crippen LogP contribution in [0.1, 0.15) is 16.7 Å². The summed E-state index contributed by atoms with van der Waals surface area (Å²) in [7, 11) is 3.09. The summed E-state index contributed by atoms with van der Waals surface area (Å²) in [6.45, 7) is 3.43. The molecule has 0 atom stereocenters. The van der Waals surface area contributed by atoms with E-state index in [9.17, 15) is 4.79 Å². The summed E-state index contributed by atoms with van der Waals surface area (Å²) in [5, 5.41) is 9.27. The van der Waals surface area contributed by atoms with Crippen molar-refractivity contribution < 1.29 is 9.53 Å². The van der Waals surface area contributed by atoms with Crippen molar-refractivity contribution in [1.29, 1.82) is 0 Å². The van der Waals surface area contributed by atoms with Crippen molar-refractivity contribution in [2.24, 2.45) is 4.99 Å². The maximum Gasteiger partial charge on any atom is 0.411 e. The molecular weight excluding hydrogens is 487 g/mol. The molecule has 0 radical (unpaired) electrons. The van der Waals surface area contributed by atoms with Crippen LogP contribution in [0.15, 0.2) is 52.4 Å². The van der Waals surface area contributed by atoms with E-state index in [1.54, 1.807) is 18.8 Å². The molecule has 1 amide bonds. The molecule has 28 heavy (non-hydrogen) atoms. The van der Waals surface area contributed by atoms with E-state index < -0.39 is 6.09 Å². The third kappa shape index (κ3) is 7.59. The van der Waals surface area contributed by atoms with Crippen molar-refractivity contribution in [2.75, 3.05) is 25.7 Å². The van der Waals surface area contributed by atoms with E-state index in [0.717, 1.165) is 11.5 Å². The number of carbonyl (C=O) groups excluding carboxylic acids is 1. The summed E-state index contributed by atoms with van der Waals surface area (Å²) in [6, 6.07) is 14.0. The van der Waals surface area contributed by atoms with Crippen LogP contribution in [0.3, 0.4) is 0 Å². The summed E-state index contributed by atoms with van der Waals surface area (Å²) >= 11 is 1.75. The van der Waals surface area contributed by atoms with Crippen LogP contribution in [0.5, 0.6) is 0 Å². The summed E-state index contributed by atoms with van der Waals surface area (Å²) in [5.74, 6) is 0.736. The standard InChI is InChI=1S/C20H26N4O2S.HI/c1-14-5-8-16(18(11-14)27-4)13-23-19(21-2)22-12-15-6-9-17(10-7-15)24-20(25)26-3;/h5-11H,12-13H2,1-4H3,(H,24,25)(H2,21,22,23);1H. The smallest absolute Gasteiger partial charge is 0.411 e. The molecule has 0 heterocycles. The zero-order chi connectivity index (χ0) is 19.6. The highest BCUT2D eigenvalue weighted by atomic mass is 127. The Hall–Kier alpha value is -1.94. The lowest BCUT2D eigenvalue weighted by Gasteiger charge is -2.14. The van der Waals surface area contributed by atoms with Crippen molar-refractivity contribution in [3.8, 4) is 0 Å². The molecule has 0 unspecified atom stereocenters. The first-order chi connectivity index (χ1) is 13.0. The zero-order valence-electron chi connectivity index (χ0n) is 16.5. The number of aryl methyl sites for hydroxylation is 1. The predicted molar refractivity (Wildman–Crippen MR) is 128 cm³/mol. The highest BCUT2D eigenvalue weighted by Gasteiger charge is 2.05. The molecule has 0 aliphatic carbocycles. The number of nitrogens with one attached hydrogen (secondary N) is 3. The Morgan fingerprint density at radius 2 is 1.79 bits per heavy atom. The Morgan fingerprint density at radius 3 is 2.39 bits per heavy atom. The van der Waals surface area contributed by atoms with E-state index in [1.165, 1.54) is 23.1 Å². The van der Waals surface area contributed by atoms with Gasteiger partial charge in [-0.05, 0) is 48.1 Å². The topological polar surface area (TPSA) is 74.8 Å². The summed E-state index contributed by atoms with van der Waals surface area (Å²) in [5.41, 5.74) is 4.27. The summed E-state index contributed by atoms with van der Waals surface area (Å²) < 4.78 is 4.58. The molecule has 0 spiro atoms. The molecule has 0 saturated heterocycles. The van der Waals surface area contributed by atoms with Gasteiger partial charge in [-0.3, -0.25) is 10.3 Å². The quantitative estimate of drug-likeness (QED) is 0.231. The molecule has 0 aliphatic heterocycles. The SMILES string of the molecule is CN=C(NCc1ccc(NC(=O)OC)cc1)NCc1ccc(C)cc1SC.I. The average molecular weight is 514 g/mol. The van der Waals surface area contributed by atoms with Gasteiger partial charge in [0.2, 0.25) is 0 Å². The molecule has 0 aromatic heterocycles. The highest BCUT2D eigenvalue weighted by Crippen LogP contribution is 2.21. The normalized spacial score (nSPS) is 10.6. The Bertz CT molecular complexity index is 797. The van der Waals surface area contributed by atoms with Gasteiger partial charge < -0.3 is 15.4 Å². The lowest BCUT2D eigenvalue weighted by molar-refractivity contribution is 0.187. The first kappa shape index (κ1) is 24.1. The van der Waals surface area contributed by atoms with Gasteiger partial charge in [-0.25, -0.2) is 4.79 Å². The van der Waals surface area contributed by atoms with Crippen molar-refractivity contribution in [1.82, 2.24) is 10.6 Å². The fourth-order valence-corrected chi connectivity index (χ4v) is 3.16. The number of anilines is 1. The molecule has 8 heteroatoms. The van der Waals surface area contributed by atoms with Gasteiger partial charge in [-0.1, -0.05) is 24.3 Å². The van der Waals surface area contributed by atoms with Crippen LogP contribution in [0.25, 0.3) is 0 Å². The molecular formula is C20H27IN4O2S. The number of methoxy groups -OCH3 is 1. The molecule has 2 rings (SSSR count). The number of carbonyl (C=O) groups is 1. The second-order valence-electron chi connectivity index (χ2n) is 5.91. The Labute approximate surface area is 187 Å². The van der Waals surface area contributed by atoms with Crippen LogP contribution in [-0.4, -0.2) is 32.5 Å². The molecule has 0 aliphatic rings. The van der Waals surface area contributed by atoms with Gasteiger partial charge in [-0.2, -0.15) is 0 Å². The second-order valence-corrected chi connectivity index (χ2v) is 6.76. The highest BCUT2D eigenvalue weighted by molar-refractivity contribution is 14.0. The van der Waals surface area contributed by atoms with Crippen LogP contribution in [0.4, 0.5) is 10.5 Å². The first-order valence-corrected chi connectivity index (χ1v) is 9.80. The molecule has 0 fully saturated rings. The molecule has 0 bridgehead atoms. The summed E-state index contributed by atoms with van der Waals surface area (Å²) in [6.07, 6.45) is 1.61. The van der Waals surface area contributed by atoms with Crippen LogP contribution >= 0.6 is 35.7 Å². The van der Waals surface area contributed by atoms with Gasteiger partial charge in [0.15, 0.2) is 5.96 Å². The largest absolute Gasteiger partial charge is 0.453 e. The molecule has 3 N–H and O–H groups in total. The van der Waals surface area contributed by atoms with Crippen molar-refractivity contribution >= 4 is 53.5 Å². The van der Waals surface area contributed by atoms with Gasteiger partial charge >= 0.3 is 6.09 Å². The molecule has 2 aromatic rings. The Kier molecular flexibility index (Phi) is 10.8. The average Bonchev–Trinajstić information content (AvgIpc) is 2.69. The van der Waals surface area contributed by atoms with Gasteiger partial charge in [0.05, 0.1) is 7.11 Å². The maximum absolute atomic E-state index is 11.2. The van der Waals surface area contributed by atoms with E-state index >= 15 is 0 Å². The van der Waals surface area contributed by atoms with Crippen molar-refractivity contribution in [3.05, 3.63) is 59.2 Å². The van der Waals surface area contributed by atoms with Crippen molar-refractivity contribution in [2.45, 2.75) is 24.9 Å². The van der Waals surface area contributed by atoms with Crippen LogP contribution in [-0.2, 0) is 17.8 Å². The van der Waals surface area contributed by atoms with Gasteiger partial charge in [-0.15, -0.1) is 35.7 Å². The number of hydrogen-bond acceptors (Lipinski definition) is 4. The number of thioether (sulfide) groups is 1. The fraction of sp³-hybridized carbons (Fsp3) is 0.300. The fourth-order valence-electron chi connectivity index (χ4n) is 2.46. The minimum Gasteiger partial charge on any atom is -0.453 e. The van der Waals surface area contributed by atoms with Gasteiger partial charge in [0.25, 0.3) is 0 Å². The molecule has 6 nitrogen and oxygen atoms in total. The van der Waals surface area contributed by atoms with Crippen LogP contribution in [0, 0.1) is 6.92 Å². The third-order valence-electron chi connectivity index (χ3n) is 3.96. The van der Waals surface area contributed by atoms with Crippen LogP contribution in [0.2, 0.25) is 0 Å². The number of amides is 1. The van der Waals surface area contributed by atoms with Crippen LogP contribution < -0.4 is 16.0 Å².